The molecule has 4 aromatic rings. The van der Waals surface area contributed by atoms with E-state index >= 15 is 0 Å². The van der Waals surface area contributed by atoms with E-state index in [9.17, 15) is 4.79 Å². The average Bonchev–Trinajstić information content (AvgIpc) is 2.99. The number of nitrogens with one attached hydrogen (secondary N) is 2. The highest BCUT2D eigenvalue weighted by Gasteiger charge is 2.16. The fourth-order valence-corrected chi connectivity index (χ4v) is 3.05. The molecule has 2 aromatic carbocycles. The maximum atomic E-state index is 12.8. The van der Waals surface area contributed by atoms with Crippen LogP contribution in [0.4, 0.5) is 17.1 Å². The number of imidazole rings is 1. The van der Waals surface area contributed by atoms with Gasteiger partial charge in [-0.3, -0.25) is 9.20 Å². The first-order valence-electron chi connectivity index (χ1n) is 8.79. The van der Waals surface area contributed by atoms with Gasteiger partial charge in [0.15, 0.2) is 0 Å². The van der Waals surface area contributed by atoms with Crippen LogP contribution in [-0.2, 0) is 0 Å². The van der Waals surface area contributed by atoms with Crippen molar-refractivity contribution in [2.45, 2.75) is 13.8 Å². The maximum Gasteiger partial charge on any atom is 0.274 e. The molecule has 0 fully saturated rings. The second kappa shape index (κ2) is 6.96. The summed E-state index contributed by atoms with van der Waals surface area (Å²) in [5.74, 6) is -0.173. The molecule has 0 aliphatic rings. The van der Waals surface area contributed by atoms with E-state index in [2.05, 4.69) is 15.6 Å². The van der Waals surface area contributed by atoms with Crippen molar-refractivity contribution in [1.29, 1.82) is 0 Å². The lowest BCUT2D eigenvalue weighted by Crippen LogP contribution is -2.15. The smallest absolute Gasteiger partial charge is 0.274 e. The van der Waals surface area contributed by atoms with E-state index in [-0.39, 0.29) is 5.91 Å². The van der Waals surface area contributed by atoms with Crippen molar-refractivity contribution in [2.24, 2.45) is 0 Å². The van der Waals surface area contributed by atoms with Crippen LogP contribution in [-0.4, -0.2) is 15.3 Å². The minimum Gasteiger partial charge on any atom is -0.356 e. The molecule has 0 atom stereocenters. The first-order valence-corrected chi connectivity index (χ1v) is 8.79. The lowest BCUT2D eigenvalue weighted by atomic mass is 10.2. The molecule has 0 bridgehead atoms. The molecular weight excluding hydrogens is 336 g/mol. The second-order valence-corrected chi connectivity index (χ2v) is 6.50. The standard InChI is InChI=1S/C22H20N4O/c1-15-12-13-26-20(14-15)23-16(2)21(26)22(27)25-19-10-8-18(9-11-19)24-17-6-4-3-5-7-17/h3-14,24H,1-2H3,(H,25,27). The van der Waals surface area contributed by atoms with Gasteiger partial charge >= 0.3 is 0 Å². The van der Waals surface area contributed by atoms with Crippen LogP contribution in [0, 0.1) is 13.8 Å². The Balaban J connectivity index is 1.52. The number of hydrogen-bond donors (Lipinski definition) is 2. The number of para-hydroxylation sites is 1. The highest BCUT2D eigenvalue weighted by atomic mass is 16.2. The molecule has 2 heterocycles. The fraction of sp³-hybridized carbons (Fsp3) is 0.0909. The molecule has 5 nitrogen and oxygen atoms in total. The van der Waals surface area contributed by atoms with Gasteiger partial charge in [-0.15, -0.1) is 0 Å². The van der Waals surface area contributed by atoms with E-state index in [1.165, 1.54) is 0 Å². The van der Waals surface area contributed by atoms with Crippen molar-refractivity contribution >= 4 is 28.6 Å². The summed E-state index contributed by atoms with van der Waals surface area (Å²) in [6.45, 7) is 3.86. The van der Waals surface area contributed by atoms with Gasteiger partial charge in [0.1, 0.15) is 11.3 Å². The molecule has 2 aromatic heterocycles. The van der Waals surface area contributed by atoms with Crippen LogP contribution >= 0.6 is 0 Å². The van der Waals surface area contributed by atoms with E-state index in [4.69, 9.17) is 0 Å². The molecule has 2 N–H and O–H groups in total. The largest absolute Gasteiger partial charge is 0.356 e. The van der Waals surface area contributed by atoms with Crippen molar-refractivity contribution in [3.05, 3.63) is 89.9 Å². The number of aryl methyl sites for hydroxylation is 2. The summed E-state index contributed by atoms with van der Waals surface area (Å²) in [7, 11) is 0. The van der Waals surface area contributed by atoms with Crippen LogP contribution in [0.3, 0.4) is 0 Å². The molecule has 134 valence electrons. The minimum absolute atomic E-state index is 0.173. The van der Waals surface area contributed by atoms with Crippen LogP contribution < -0.4 is 10.6 Å². The Morgan fingerprint density at radius 3 is 2.30 bits per heavy atom. The summed E-state index contributed by atoms with van der Waals surface area (Å²) in [5, 5.41) is 6.28. The van der Waals surface area contributed by atoms with Crippen LogP contribution in [0.1, 0.15) is 21.7 Å². The first kappa shape index (κ1) is 16.8. The van der Waals surface area contributed by atoms with E-state index in [1.54, 1.807) is 0 Å². The van der Waals surface area contributed by atoms with Crippen LogP contribution in [0.5, 0.6) is 0 Å². The molecule has 4 rings (SSSR count). The molecular formula is C22H20N4O. The zero-order valence-corrected chi connectivity index (χ0v) is 15.2. The summed E-state index contributed by atoms with van der Waals surface area (Å²) < 4.78 is 1.82. The maximum absolute atomic E-state index is 12.8. The Bertz CT molecular complexity index is 1100. The Hall–Kier alpha value is -3.60. The Morgan fingerprint density at radius 1 is 0.889 bits per heavy atom. The van der Waals surface area contributed by atoms with Crippen molar-refractivity contribution in [2.75, 3.05) is 10.6 Å². The number of pyridine rings is 1. The van der Waals surface area contributed by atoms with E-state index < -0.39 is 0 Å². The quantitative estimate of drug-likeness (QED) is 0.544. The molecule has 0 unspecified atom stereocenters. The molecule has 0 aliphatic carbocycles. The Kier molecular flexibility index (Phi) is 4.34. The summed E-state index contributed by atoms with van der Waals surface area (Å²) >= 11 is 0. The lowest BCUT2D eigenvalue weighted by Gasteiger charge is -2.09. The van der Waals surface area contributed by atoms with Crippen LogP contribution in [0.2, 0.25) is 0 Å². The molecule has 0 aliphatic heterocycles. The van der Waals surface area contributed by atoms with Crippen molar-refractivity contribution in [3.8, 4) is 0 Å². The van der Waals surface area contributed by atoms with Gasteiger partial charge in [0.05, 0.1) is 5.69 Å². The highest BCUT2D eigenvalue weighted by Crippen LogP contribution is 2.20. The number of rotatable bonds is 4. The summed E-state index contributed by atoms with van der Waals surface area (Å²) in [6, 6.07) is 21.5. The number of anilines is 3. The molecule has 0 saturated heterocycles. The molecule has 5 heteroatoms. The molecule has 0 spiro atoms. The van der Waals surface area contributed by atoms with Gasteiger partial charge in [0.2, 0.25) is 0 Å². The summed E-state index contributed by atoms with van der Waals surface area (Å²) in [6.07, 6.45) is 1.88. The number of hydrogen-bond acceptors (Lipinski definition) is 3. The summed E-state index contributed by atoms with van der Waals surface area (Å²) in [5.41, 5.74) is 5.87. The second-order valence-electron chi connectivity index (χ2n) is 6.50. The lowest BCUT2D eigenvalue weighted by molar-refractivity contribution is 0.102. The number of nitrogens with zero attached hydrogens (tertiary/aromatic N) is 2. The number of benzene rings is 2. The van der Waals surface area contributed by atoms with Gasteiger partial charge in [0.25, 0.3) is 5.91 Å². The third-order valence-corrected chi connectivity index (χ3v) is 4.38. The van der Waals surface area contributed by atoms with E-state index in [1.807, 2.05) is 91.2 Å². The first-order chi connectivity index (χ1) is 13.1. The van der Waals surface area contributed by atoms with Crippen LogP contribution in [0.25, 0.3) is 5.65 Å². The SMILES string of the molecule is Cc1ccn2c(C(=O)Nc3ccc(Nc4ccccc4)cc3)c(C)nc2c1. The van der Waals surface area contributed by atoms with Crippen LogP contribution in [0.15, 0.2) is 72.9 Å². The van der Waals surface area contributed by atoms with Gasteiger partial charge in [-0.05, 0) is 67.9 Å². The Labute approximate surface area is 157 Å². The summed E-state index contributed by atoms with van der Waals surface area (Å²) in [4.78, 5) is 17.3. The van der Waals surface area contributed by atoms with Gasteiger partial charge in [-0.25, -0.2) is 4.98 Å². The number of amides is 1. The normalized spacial score (nSPS) is 10.7. The monoisotopic (exact) mass is 356 g/mol. The minimum atomic E-state index is -0.173. The number of fused-ring (bicyclic) bond motifs is 1. The molecule has 0 saturated carbocycles. The van der Waals surface area contributed by atoms with Gasteiger partial charge in [-0.1, -0.05) is 18.2 Å². The predicted molar refractivity (Wildman–Crippen MR) is 109 cm³/mol. The van der Waals surface area contributed by atoms with Gasteiger partial charge in [-0.2, -0.15) is 0 Å². The third kappa shape index (κ3) is 3.53. The zero-order valence-electron chi connectivity index (χ0n) is 15.2. The number of aromatic nitrogens is 2. The van der Waals surface area contributed by atoms with Gasteiger partial charge in [0, 0.05) is 23.3 Å². The number of carbonyl (C=O) groups is 1. The van der Waals surface area contributed by atoms with Crippen molar-refractivity contribution in [1.82, 2.24) is 9.38 Å². The topological polar surface area (TPSA) is 58.4 Å². The average molecular weight is 356 g/mol. The van der Waals surface area contributed by atoms with Crippen molar-refractivity contribution in [3.63, 3.8) is 0 Å². The van der Waals surface area contributed by atoms with E-state index in [0.29, 0.717) is 11.4 Å². The molecule has 1 amide bonds. The van der Waals surface area contributed by atoms with Crippen molar-refractivity contribution < 1.29 is 4.79 Å². The predicted octanol–water partition coefficient (Wildman–Crippen LogP) is 4.95. The molecule has 27 heavy (non-hydrogen) atoms. The molecule has 0 radical (unpaired) electrons. The highest BCUT2D eigenvalue weighted by molar-refractivity contribution is 6.04. The number of carbonyl (C=O) groups excluding carboxylic acids is 1. The van der Waals surface area contributed by atoms with E-state index in [0.717, 1.165) is 28.3 Å². The fourth-order valence-electron chi connectivity index (χ4n) is 3.05. The Morgan fingerprint density at radius 2 is 1.56 bits per heavy atom. The third-order valence-electron chi connectivity index (χ3n) is 4.38. The van der Waals surface area contributed by atoms with Gasteiger partial charge < -0.3 is 10.6 Å². The zero-order chi connectivity index (χ0) is 18.8.